The fourth-order valence-corrected chi connectivity index (χ4v) is 4.62. The molecule has 2 heterocycles. The SMILES string of the molecule is CC1CCCCCN1C1(CN)CCCSC1. The number of nitrogens with zero attached hydrogens (tertiary/aromatic N) is 1. The van der Waals surface area contributed by atoms with Crippen LogP contribution in [0.1, 0.15) is 45.4 Å². The van der Waals surface area contributed by atoms with Crippen LogP contribution in [0.25, 0.3) is 0 Å². The molecule has 3 heteroatoms. The molecule has 0 aliphatic carbocycles. The fraction of sp³-hybridized carbons (Fsp3) is 1.00. The summed E-state index contributed by atoms with van der Waals surface area (Å²) in [5.74, 6) is 2.60. The second-order valence-corrected chi connectivity index (χ2v) is 6.58. The average molecular weight is 242 g/mol. The van der Waals surface area contributed by atoms with Gasteiger partial charge in [-0.25, -0.2) is 0 Å². The highest BCUT2D eigenvalue weighted by molar-refractivity contribution is 7.99. The highest BCUT2D eigenvalue weighted by Crippen LogP contribution is 2.35. The predicted molar refractivity (Wildman–Crippen MR) is 73.0 cm³/mol. The Labute approximate surface area is 104 Å². The molecule has 2 unspecified atom stereocenters. The molecule has 0 saturated carbocycles. The minimum atomic E-state index is 0.326. The fourth-order valence-electron chi connectivity index (χ4n) is 3.32. The van der Waals surface area contributed by atoms with E-state index in [1.54, 1.807) is 0 Å². The molecule has 2 N–H and O–H groups in total. The van der Waals surface area contributed by atoms with Crippen LogP contribution >= 0.6 is 11.8 Å². The number of hydrogen-bond donors (Lipinski definition) is 1. The molecule has 2 saturated heterocycles. The van der Waals surface area contributed by atoms with Crippen LogP contribution < -0.4 is 5.73 Å². The monoisotopic (exact) mass is 242 g/mol. The minimum Gasteiger partial charge on any atom is -0.329 e. The summed E-state index contributed by atoms with van der Waals surface area (Å²) in [4.78, 5) is 2.76. The molecule has 2 aliphatic rings. The maximum Gasteiger partial charge on any atom is 0.0425 e. The number of nitrogens with two attached hydrogens (primary N) is 1. The summed E-state index contributed by atoms with van der Waals surface area (Å²) in [7, 11) is 0. The van der Waals surface area contributed by atoms with Gasteiger partial charge in [-0.05, 0) is 44.9 Å². The van der Waals surface area contributed by atoms with E-state index in [2.05, 4.69) is 23.6 Å². The van der Waals surface area contributed by atoms with E-state index >= 15 is 0 Å². The maximum atomic E-state index is 6.13. The number of hydrogen-bond acceptors (Lipinski definition) is 3. The van der Waals surface area contributed by atoms with Crippen LogP contribution in [0.5, 0.6) is 0 Å². The lowest BCUT2D eigenvalue weighted by Gasteiger charge is -2.48. The Kier molecular flexibility index (Phi) is 4.57. The van der Waals surface area contributed by atoms with Crippen LogP contribution in [0.2, 0.25) is 0 Å². The molecule has 0 spiro atoms. The van der Waals surface area contributed by atoms with E-state index in [9.17, 15) is 0 Å². The molecule has 0 aromatic rings. The van der Waals surface area contributed by atoms with Crippen molar-refractivity contribution in [1.82, 2.24) is 4.90 Å². The molecule has 16 heavy (non-hydrogen) atoms. The van der Waals surface area contributed by atoms with Gasteiger partial charge in [-0.3, -0.25) is 4.90 Å². The standard InChI is InChI=1S/C13H26N2S/c1-12-6-3-2-4-8-15(12)13(10-14)7-5-9-16-11-13/h12H,2-11,14H2,1H3. The molecule has 94 valence electrons. The van der Waals surface area contributed by atoms with Gasteiger partial charge in [-0.15, -0.1) is 0 Å². The first-order valence-electron chi connectivity index (χ1n) is 6.83. The maximum absolute atomic E-state index is 6.13. The molecule has 0 radical (unpaired) electrons. The van der Waals surface area contributed by atoms with Gasteiger partial charge in [0.15, 0.2) is 0 Å². The van der Waals surface area contributed by atoms with Crippen molar-refractivity contribution in [1.29, 1.82) is 0 Å². The number of rotatable bonds is 2. The van der Waals surface area contributed by atoms with E-state index in [1.165, 1.54) is 56.6 Å². The Morgan fingerprint density at radius 1 is 1.31 bits per heavy atom. The van der Waals surface area contributed by atoms with Crippen LogP contribution in [0.4, 0.5) is 0 Å². The lowest BCUT2D eigenvalue weighted by atomic mass is 9.91. The third kappa shape index (κ3) is 2.57. The molecule has 2 rings (SSSR count). The van der Waals surface area contributed by atoms with Crippen molar-refractivity contribution in [2.75, 3.05) is 24.6 Å². The third-order valence-corrected chi connectivity index (χ3v) is 5.66. The summed E-state index contributed by atoms with van der Waals surface area (Å²) < 4.78 is 0. The summed E-state index contributed by atoms with van der Waals surface area (Å²) in [6, 6.07) is 0.741. The molecule has 0 amide bonds. The van der Waals surface area contributed by atoms with Crippen LogP contribution in [-0.4, -0.2) is 41.1 Å². The van der Waals surface area contributed by atoms with E-state index in [4.69, 9.17) is 5.73 Å². The highest BCUT2D eigenvalue weighted by atomic mass is 32.2. The highest BCUT2D eigenvalue weighted by Gasteiger charge is 2.39. The first-order valence-corrected chi connectivity index (χ1v) is 7.98. The number of thioether (sulfide) groups is 1. The predicted octanol–water partition coefficient (Wildman–Crippen LogP) is 2.48. The zero-order chi connectivity index (χ0) is 11.4. The topological polar surface area (TPSA) is 29.3 Å². The summed E-state index contributed by atoms with van der Waals surface area (Å²) in [5.41, 5.74) is 6.45. The quantitative estimate of drug-likeness (QED) is 0.806. The van der Waals surface area contributed by atoms with Gasteiger partial charge in [0.1, 0.15) is 0 Å². The van der Waals surface area contributed by atoms with Crippen molar-refractivity contribution in [3.05, 3.63) is 0 Å². The van der Waals surface area contributed by atoms with Crippen LogP contribution in [0.15, 0.2) is 0 Å². The number of likely N-dealkylation sites (tertiary alicyclic amines) is 1. The summed E-state index contributed by atoms with van der Waals surface area (Å²) in [6.45, 7) is 4.53. The van der Waals surface area contributed by atoms with Crippen LogP contribution in [0.3, 0.4) is 0 Å². The van der Waals surface area contributed by atoms with Crippen molar-refractivity contribution < 1.29 is 0 Å². The largest absolute Gasteiger partial charge is 0.329 e. The first kappa shape index (κ1) is 12.7. The Morgan fingerprint density at radius 2 is 2.19 bits per heavy atom. The average Bonchev–Trinajstić information content (AvgIpc) is 2.55. The van der Waals surface area contributed by atoms with Gasteiger partial charge in [-0.2, -0.15) is 11.8 Å². The van der Waals surface area contributed by atoms with E-state index in [-0.39, 0.29) is 0 Å². The van der Waals surface area contributed by atoms with Crippen molar-refractivity contribution in [3.63, 3.8) is 0 Å². The van der Waals surface area contributed by atoms with Crippen LogP contribution in [-0.2, 0) is 0 Å². The molecule has 0 aromatic carbocycles. The second kappa shape index (κ2) is 5.74. The smallest absolute Gasteiger partial charge is 0.0425 e. The van der Waals surface area contributed by atoms with Crippen molar-refractivity contribution in [2.24, 2.45) is 5.73 Å². The van der Waals surface area contributed by atoms with Gasteiger partial charge in [0.25, 0.3) is 0 Å². The second-order valence-electron chi connectivity index (χ2n) is 5.48. The van der Waals surface area contributed by atoms with Crippen molar-refractivity contribution in [2.45, 2.75) is 57.0 Å². The molecule has 0 bridgehead atoms. The Bertz CT molecular complexity index is 214. The van der Waals surface area contributed by atoms with Gasteiger partial charge in [-0.1, -0.05) is 12.8 Å². The third-order valence-electron chi connectivity index (χ3n) is 4.34. The Morgan fingerprint density at radius 3 is 2.88 bits per heavy atom. The normalized spacial score (nSPS) is 38.2. The Balaban J connectivity index is 2.10. The van der Waals surface area contributed by atoms with Crippen molar-refractivity contribution >= 4 is 11.8 Å². The van der Waals surface area contributed by atoms with E-state index in [0.717, 1.165) is 12.6 Å². The molecular weight excluding hydrogens is 216 g/mol. The summed E-state index contributed by atoms with van der Waals surface area (Å²) in [5, 5.41) is 0. The summed E-state index contributed by atoms with van der Waals surface area (Å²) >= 11 is 2.11. The van der Waals surface area contributed by atoms with E-state index < -0.39 is 0 Å². The molecule has 2 fully saturated rings. The summed E-state index contributed by atoms with van der Waals surface area (Å²) in [6.07, 6.45) is 8.23. The lowest BCUT2D eigenvalue weighted by molar-refractivity contribution is 0.0652. The zero-order valence-electron chi connectivity index (χ0n) is 10.6. The van der Waals surface area contributed by atoms with Gasteiger partial charge in [0.2, 0.25) is 0 Å². The van der Waals surface area contributed by atoms with Gasteiger partial charge in [0, 0.05) is 23.9 Å². The molecular formula is C13H26N2S. The van der Waals surface area contributed by atoms with E-state index in [0.29, 0.717) is 5.54 Å². The minimum absolute atomic E-state index is 0.326. The first-order chi connectivity index (χ1) is 7.78. The molecule has 2 aliphatic heterocycles. The Hall–Kier alpha value is 0.270. The van der Waals surface area contributed by atoms with Gasteiger partial charge >= 0.3 is 0 Å². The molecule has 0 aromatic heterocycles. The van der Waals surface area contributed by atoms with E-state index in [1.807, 2.05) is 0 Å². The van der Waals surface area contributed by atoms with Gasteiger partial charge < -0.3 is 5.73 Å². The zero-order valence-corrected chi connectivity index (χ0v) is 11.4. The van der Waals surface area contributed by atoms with Crippen molar-refractivity contribution in [3.8, 4) is 0 Å². The molecule has 2 atom stereocenters. The molecule has 2 nitrogen and oxygen atoms in total. The van der Waals surface area contributed by atoms with Gasteiger partial charge in [0.05, 0.1) is 0 Å². The lowest BCUT2D eigenvalue weighted by Crippen LogP contribution is -2.59. The van der Waals surface area contributed by atoms with Crippen LogP contribution in [0, 0.1) is 0 Å².